The fourth-order valence-corrected chi connectivity index (χ4v) is 11.2. The molecule has 0 bridgehead atoms. The Labute approximate surface area is 529 Å². The number of aliphatic hydroxyl groups excluding tert-OH is 1. The maximum Gasteiger partial charge on any atom is 0.472 e. The Hall–Kier alpha value is -2.46. The molecule has 3 unspecified atom stereocenters. The van der Waals surface area contributed by atoms with Crippen molar-refractivity contribution in [2.24, 2.45) is 17.8 Å². The van der Waals surface area contributed by atoms with Crippen LogP contribution in [0.2, 0.25) is 0 Å². The smallest absolute Gasteiger partial charge is 0.462 e. The lowest BCUT2D eigenvalue weighted by Crippen LogP contribution is -2.30. The second kappa shape index (κ2) is 58.6. The number of hydrogen-bond donors (Lipinski definition) is 3. The van der Waals surface area contributed by atoms with Crippen LogP contribution in [-0.4, -0.2) is 96.7 Å². The van der Waals surface area contributed by atoms with Crippen LogP contribution in [-0.2, 0) is 65.4 Å². The number of aliphatic hydroxyl groups is 1. The van der Waals surface area contributed by atoms with Gasteiger partial charge in [0.25, 0.3) is 0 Å². The zero-order valence-electron chi connectivity index (χ0n) is 56.0. The molecule has 0 aromatic rings. The van der Waals surface area contributed by atoms with E-state index in [1.165, 1.54) is 96.3 Å². The summed E-state index contributed by atoms with van der Waals surface area (Å²) < 4.78 is 68.1. The maximum absolute atomic E-state index is 13.0. The van der Waals surface area contributed by atoms with Crippen molar-refractivity contribution < 1.29 is 80.2 Å². The Kier molecular flexibility index (Phi) is 57.0. The molecule has 0 aromatic heterocycles. The van der Waals surface area contributed by atoms with E-state index in [1.54, 1.807) is 0 Å². The number of phosphoric acid groups is 2. The van der Waals surface area contributed by atoms with Gasteiger partial charge in [0.15, 0.2) is 12.2 Å². The van der Waals surface area contributed by atoms with E-state index in [-0.39, 0.29) is 25.7 Å². The molecule has 0 aromatic carbocycles. The van der Waals surface area contributed by atoms with Crippen molar-refractivity contribution in [3.05, 3.63) is 24.3 Å². The quantitative estimate of drug-likeness (QED) is 0.0169. The largest absolute Gasteiger partial charge is 0.472 e. The first-order valence-corrected chi connectivity index (χ1v) is 37.7. The summed E-state index contributed by atoms with van der Waals surface area (Å²) in [6.45, 7) is 11.6. The summed E-state index contributed by atoms with van der Waals surface area (Å²) >= 11 is 0. The van der Waals surface area contributed by atoms with E-state index in [0.717, 1.165) is 127 Å². The van der Waals surface area contributed by atoms with Crippen LogP contribution in [0.4, 0.5) is 0 Å². The number of carbonyl (C=O) groups is 4. The highest BCUT2D eigenvalue weighted by Gasteiger charge is 2.30. The van der Waals surface area contributed by atoms with Crippen LogP contribution >= 0.6 is 15.6 Å². The third-order valence-corrected chi connectivity index (χ3v) is 17.3. The minimum Gasteiger partial charge on any atom is -0.462 e. The first-order chi connectivity index (χ1) is 41.8. The Bertz CT molecular complexity index is 1810. The lowest BCUT2D eigenvalue weighted by Gasteiger charge is -2.21. The zero-order chi connectivity index (χ0) is 64.5. The predicted octanol–water partition coefficient (Wildman–Crippen LogP) is 18.6. The molecule has 0 fully saturated rings. The van der Waals surface area contributed by atoms with Gasteiger partial charge in [0.1, 0.15) is 19.3 Å². The SMILES string of the molecule is CCCCCC/C=C\C=C/CCCCCCCC(=O)O[C@H](COC(=O)CCCCCCCCCCC(C)C)COP(=O)(O)OC[C@@H](O)COP(=O)(O)OC[C@@H](COC(=O)CCCCCCCCC(C)CC)OC(=O)CCCCCCCCCCC(C)C. The molecule has 0 amide bonds. The number of esters is 4. The number of allylic oxidation sites excluding steroid dienone is 4. The highest BCUT2D eigenvalue weighted by Crippen LogP contribution is 2.45. The van der Waals surface area contributed by atoms with Crippen molar-refractivity contribution in [1.29, 1.82) is 0 Å². The summed E-state index contributed by atoms with van der Waals surface area (Å²) in [6.07, 6.45) is 44.0. The summed E-state index contributed by atoms with van der Waals surface area (Å²) in [5.74, 6) is 0.00536. The standard InChI is InChI=1S/C68H128O17P2/c1-8-10-11-12-13-14-15-16-17-18-19-20-28-37-44-51-67(72)84-63(55-78-65(70)49-42-35-27-23-21-25-32-39-46-59(3)4)57-82-86(74,75)80-53-62(69)54-81-87(76,77)83-58-64(56-79-66(71)50-43-36-31-30-34-41-48-61(7)9-2)85-68(73)52-45-38-29-24-22-26-33-40-47-60(5)6/h14-17,59-64,69H,8-13,18-58H2,1-7H3,(H,74,75)(H,76,77)/b15-14-,17-16-/t61?,62-,63-,64-/m1/s1. The van der Waals surface area contributed by atoms with E-state index in [2.05, 4.69) is 72.8 Å². The average Bonchev–Trinajstić information content (AvgIpc) is 3.67. The fourth-order valence-electron chi connectivity index (χ4n) is 9.61. The van der Waals surface area contributed by atoms with Crippen molar-refractivity contribution >= 4 is 39.5 Å². The lowest BCUT2D eigenvalue weighted by atomic mass is 10.00. The Morgan fingerprint density at radius 3 is 1.02 bits per heavy atom. The maximum atomic E-state index is 13.0. The van der Waals surface area contributed by atoms with Crippen LogP contribution in [0.25, 0.3) is 0 Å². The van der Waals surface area contributed by atoms with Gasteiger partial charge in [-0.2, -0.15) is 0 Å². The highest BCUT2D eigenvalue weighted by molar-refractivity contribution is 7.47. The number of unbranched alkanes of at least 4 members (excludes halogenated alkanes) is 28. The van der Waals surface area contributed by atoms with Gasteiger partial charge >= 0.3 is 39.5 Å². The van der Waals surface area contributed by atoms with Crippen LogP contribution in [0, 0.1) is 17.8 Å². The van der Waals surface area contributed by atoms with Crippen LogP contribution in [0.15, 0.2) is 24.3 Å². The molecule has 0 aliphatic heterocycles. The number of ether oxygens (including phenoxy) is 4. The van der Waals surface area contributed by atoms with Gasteiger partial charge < -0.3 is 33.8 Å². The molecular formula is C68H128O17P2. The molecule has 0 radical (unpaired) electrons. The topological polar surface area (TPSA) is 237 Å². The molecule has 512 valence electrons. The molecule has 87 heavy (non-hydrogen) atoms. The molecule has 19 heteroatoms. The highest BCUT2D eigenvalue weighted by atomic mass is 31.2. The van der Waals surface area contributed by atoms with Crippen molar-refractivity contribution in [3.63, 3.8) is 0 Å². The summed E-state index contributed by atoms with van der Waals surface area (Å²) in [5, 5.41) is 10.6. The normalized spacial score (nSPS) is 14.8. The summed E-state index contributed by atoms with van der Waals surface area (Å²) in [7, 11) is -9.91. The molecule has 0 spiro atoms. The molecule has 6 atom stereocenters. The minimum absolute atomic E-state index is 0.0838. The van der Waals surface area contributed by atoms with E-state index in [0.29, 0.717) is 31.6 Å². The number of hydrogen-bond acceptors (Lipinski definition) is 15. The van der Waals surface area contributed by atoms with E-state index >= 15 is 0 Å². The van der Waals surface area contributed by atoms with Crippen molar-refractivity contribution in [2.75, 3.05) is 39.6 Å². The zero-order valence-corrected chi connectivity index (χ0v) is 57.7. The third kappa shape index (κ3) is 60.9. The van der Waals surface area contributed by atoms with Crippen LogP contribution in [0.3, 0.4) is 0 Å². The van der Waals surface area contributed by atoms with E-state index in [4.69, 9.17) is 37.0 Å². The molecule has 0 saturated carbocycles. The molecule has 3 N–H and O–H groups in total. The molecule has 17 nitrogen and oxygen atoms in total. The summed E-state index contributed by atoms with van der Waals surface area (Å²) in [5.41, 5.74) is 0. The van der Waals surface area contributed by atoms with Crippen molar-refractivity contribution in [2.45, 2.75) is 330 Å². The second-order valence-corrected chi connectivity index (χ2v) is 28.0. The van der Waals surface area contributed by atoms with Gasteiger partial charge in [-0.3, -0.25) is 37.3 Å². The number of phosphoric ester groups is 2. The number of rotatable bonds is 64. The Morgan fingerprint density at radius 2 is 0.678 bits per heavy atom. The van der Waals surface area contributed by atoms with Crippen LogP contribution < -0.4 is 0 Å². The fraction of sp³-hybridized carbons (Fsp3) is 0.882. The monoisotopic (exact) mass is 1280 g/mol. The number of carbonyl (C=O) groups excluding carboxylic acids is 4. The van der Waals surface area contributed by atoms with E-state index < -0.39 is 97.5 Å². The molecule has 0 saturated heterocycles. The van der Waals surface area contributed by atoms with Crippen molar-refractivity contribution in [3.8, 4) is 0 Å². The molecule has 0 heterocycles. The van der Waals surface area contributed by atoms with Crippen molar-refractivity contribution in [1.82, 2.24) is 0 Å². The molecule has 0 rings (SSSR count). The van der Waals surface area contributed by atoms with Gasteiger partial charge in [0, 0.05) is 25.7 Å². The van der Waals surface area contributed by atoms with E-state index in [1.807, 2.05) is 0 Å². The van der Waals surface area contributed by atoms with Gasteiger partial charge in [-0.15, -0.1) is 0 Å². The van der Waals surface area contributed by atoms with Crippen LogP contribution in [0.5, 0.6) is 0 Å². The summed E-state index contributed by atoms with van der Waals surface area (Å²) in [4.78, 5) is 72.4. The first-order valence-electron chi connectivity index (χ1n) is 34.7. The minimum atomic E-state index is -4.96. The predicted molar refractivity (Wildman–Crippen MR) is 349 cm³/mol. The summed E-state index contributed by atoms with van der Waals surface area (Å²) in [6, 6.07) is 0. The lowest BCUT2D eigenvalue weighted by molar-refractivity contribution is -0.161. The van der Waals surface area contributed by atoms with Gasteiger partial charge in [-0.1, -0.05) is 259 Å². The Morgan fingerprint density at radius 1 is 0.379 bits per heavy atom. The van der Waals surface area contributed by atoms with Gasteiger partial charge in [-0.05, 0) is 69.1 Å². The van der Waals surface area contributed by atoms with Gasteiger partial charge in [-0.25, -0.2) is 9.13 Å². The van der Waals surface area contributed by atoms with Gasteiger partial charge in [0.05, 0.1) is 26.4 Å². The van der Waals surface area contributed by atoms with Gasteiger partial charge in [0.2, 0.25) is 0 Å². The Balaban J connectivity index is 5.30. The van der Waals surface area contributed by atoms with Crippen LogP contribution in [0.1, 0.15) is 312 Å². The molecule has 0 aliphatic rings. The molecule has 0 aliphatic carbocycles. The third-order valence-electron chi connectivity index (χ3n) is 15.4. The van der Waals surface area contributed by atoms with E-state index in [9.17, 15) is 43.2 Å². The molecular weight excluding hydrogens is 1150 g/mol. The second-order valence-electron chi connectivity index (χ2n) is 25.1. The first kappa shape index (κ1) is 84.5. The average molecular weight is 1280 g/mol.